The van der Waals surface area contributed by atoms with Gasteiger partial charge >= 0.3 is 6.03 Å². The number of rotatable bonds is 5. The fourth-order valence-electron chi connectivity index (χ4n) is 2.90. The summed E-state index contributed by atoms with van der Waals surface area (Å²) in [5.74, 6) is 1.44. The van der Waals surface area contributed by atoms with Gasteiger partial charge in [0.25, 0.3) is 0 Å². The Balaban J connectivity index is 1.86. The number of nitrogens with one attached hydrogen (secondary N) is 1. The van der Waals surface area contributed by atoms with Crippen LogP contribution in [-0.4, -0.2) is 60.6 Å². The van der Waals surface area contributed by atoms with Gasteiger partial charge in [-0.2, -0.15) is 4.98 Å². The van der Waals surface area contributed by atoms with E-state index in [0.29, 0.717) is 31.2 Å². The lowest BCUT2D eigenvalue weighted by atomic mass is 9.95. The van der Waals surface area contributed by atoms with Crippen LogP contribution in [0, 0.1) is 12.8 Å². The van der Waals surface area contributed by atoms with E-state index in [1.165, 1.54) is 6.26 Å². The minimum absolute atomic E-state index is 0.0574. The smallest absolute Gasteiger partial charge is 0.317 e. The molecule has 23 heavy (non-hydrogen) atoms. The molecule has 1 aliphatic heterocycles. The van der Waals surface area contributed by atoms with Gasteiger partial charge in [0.05, 0.1) is 5.75 Å². The van der Waals surface area contributed by atoms with E-state index in [1.54, 1.807) is 18.7 Å². The fraction of sp³-hybridized carbons (Fsp3) is 0.786. The number of aromatic nitrogens is 2. The van der Waals surface area contributed by atoms with Gasteiger partial charge in [-0.3, -0.25) is 0 Å². The second kappa shape index (κ2) is 7.29. The third kappa shape index (κ3) is 5.81. The molecular formula is C14H24N4O4S. The second-order valence-corrected chi connectivity index (χ2v) is 8.52. The maximum Gasteiger partial charge on any atom is 0.317 e. The van der Waals surface area contributed by atoms with Crippen molar-refractivity contribution in [3.63, 3.8) is 0 Å². The van der Waals surface area contributed by atoms with Crippen molar-refractivity contribution in [1.82, 2.24) is 20.4 Å². The number of aryl methyl sites for hydroxylation is 1. The standard InChI is InChI=1S/C14H24N4O4S/c1-10(9-23(3,20)21)15-14(19)18-6-4-5-12(8-18)7-13-16-11(2)22-17-13/h10,12H,4-9H2,1-3H3,(H,15,19). The normalized spacial score (nSPS) is 20.3. The maximum atomic E-state index is 12.3. The number of carbonyl (C=O) groups is 1. The van der Waals surface area contributed by atoms with E-state index in [2.05, 4.69) is 15.5 Å². The molecular weight excluding hydrogens is 320 g/mol. The van der Waals surface area contributed by atoms with Crippen LogP contribution in [0.3, 0.4) is 0 Å². The van der Waals surface area contributed by atoms with Crippen molar-refractivity contribution in [3.8, 4) is 0 Å². The summed E-state index contributed by atoms with van der Waals surface area (Å²) in [6.07, 6.45) is 3.77. The molecule has 9 heteroatoms. The summed E-state index contributed by atoms with van der Waals surface area (Å²) in [4.78, 5) is 18.2. The average molecular weight is 344 g/mol. The lowest BCUT2D eigenvalue weighted by molar-refractivity contribution is 0.162. The average Bonchev–Trinajstić information content (AvgIpc) is 2.82. The Kier molecular flexibility index (Phi) is 5.61. The molecule has 2 rings (SSSR count). The van der Waals surface area contributed by atoms with Gasteiger partial charge in [0, 0.05) is 38.7 Å². The first-order chi connectivity index (χ1) is 10.7. The molecule has 0 aliphatic carbocycles. The van der Waals surface area contributed by atoms with Crippen LogP contribution in [0.1, 0.15) is 31.5 Å². The molecule has 2 unspecified atom stereocenters. The Morgan fingerprint density at radius 2 is 2.26 bits per heavy atom. The first-order valence-corrected chi connectivity index (χ1v) is 9.81. The summed E-state index contributed by atoms with van der Waals surface area (Å²) in [6, 6.07) is -0.618. The number of piperidine rings is 1. The van der Waals surface area contributed by atoms with Crippen molar-refractivity contribution in [2.24, 2.45) is 5.92 Å². The molecule has 1 aromatic rings. The van der Waals surface area contributed by atoms with Crippen molar-refractivity contribution in [2.45, 2.75) is 39.2 Å². The number of sulfone groups is 1. The molecule has 0 aromatic carbocycles. The van der Waals surface area contributed by atoms with E-state index in [-0.39, 0.29) is 17.7 Å². The lowest BCUT2D eigenvalue weighted by Crippen LogP contribution is -2.49. The predicted molar refractivity (Wildman–Crippen MR) is 84.7 cm³/mol. The summed E-state index contributed by atoms with van der Waals surface area (Å²) < 4.78 is 27.5. The molecule has 8 nitrogen and oxygen atoms in total. The van der Waals surface area contributed by atoms with Crippen molar-refractivity contribution >= 4 is 15.9 Å². The summed E-state index contributed by atoms with van der Waals surface area (Å²) in [6.45, 7) is 4.74. The van der Waals surface area contributed by atoms with Crippen molar-refractivity contribution in [3.05, 3.63) is 11.7 Å². The zero-order valence-electron chi connectivity index (χ0n) is 13.8. The molecule has 1 saturated heterocycles. The Bertz CT molecular complexity index is 643. The van der Waals surface area contributed by atoms with Gasteiger partial charge in [0.2, 0.25) is 5.89 Å². The SMILES string of the molecule is Cc1nc(CC2CCCN(C(=O)NC(C)CS(C)(=O)=O)C2)no1. The van der Waals surface area contributed by atoms with Crippen LogP contribution >= 0.6 is 0 Å². The number of amides is 2. The highest BCUT2D eigenvalue weighted by molar-refractivity contribution is 7.90. The number of carbonyl (C=O) groups excluding carboxylic acids is 1. The number of urea groups is 1. The van der Waals surface area contributed by atoms with Crippen LogP contribution in [0.2, 0.25) is 0 Å². The molecule has 0 bridgehead atoms. The Hall–Kier alpha value is -1.64. The van der Waals surface area contributed by atoms with Crippen molar-refractivity contribution in [2.75, 3.05) is 25.1 Å². The summed E-state index contributed by atoms with van der Waals surface area (Å²) in [7, 11) is -3.11. The van der Waals surface area contributed by atoms with Crippen LogP contribution < -0.4 is 5.32 Å². The van der Waals surface area contributed by atoms with Crippen LogP contribution in [-0.2, 0) is 16.3 Å². The lowest BCUT2D eigenvalue weighted by Gasteiger charge is -2.33. The highest BCUT2D eigenvalue weighted by Gasteiger charge is 2.26. The number of likely N-dealkylation sites (tertiary alicyclic amines) is 1. The van der Waals surface area contributed by atoms with Crippen molar-refractivity contribution in [1.29, 1.82) is 0 Å². The van der Waals surface area contributed by atoms with Crippen LogP contribution in [0.15, 0.2) is 4.52 Å². The Labute approximate surface area is 136 Å². The van der Waals surface area contributed by atoms with Gasteiger partial charge in [-0.15, -0.1) is 0 Å². The summed E-state index contributed by atoms with van der Waals surface area (Å²) in [5.41, 5.74) is 0. The van der Waals surface area contributed by atoms with Gasteiger partial charge in [0.15, 0.2) is 5.82 Å². The fourth-order valence-corrected chi connectivity index (χ4v) is 3.89. The van der Waals surface area contributed by atoms with Crippen LogP contribution in [0.25, 0.3) is 0 Å². The number of hydrogen-bond donors (Lipinski definition) is 1. The third-order valence-corrected chi connectivity index (χ3v) is 4.88. The minimum Gasteiger partial charge on any atom is -0.340 e. The van der Waals surface area contributed by atoms with Gasteiger partial charge < -0.3 is 14.7 Å². The maximum absolute atomic E-state index is 12.3. The number of nitrogens with zero attached hydrogens (tertiary/aromatic N) is 3. The molecule has 2 atom stereocenters. The van der Waals surface area contributed by atoms with Gasteiger partial charge in [-0.25, -0.2) is 13.2 Å². The van der Waals surface area contributed by atoms with Crippen molar-refractivity contribution < 1.29 is 17.7 Å². The molecule has 0 saturated carbocycles. The Morgan fingerprint density at radius 3 is 2.87 bits per heavy atom. The first kappa shape index (κ1) is 17.7. The molecule has 1 aromatic heterocycles. The highest BCUT2D eigenvalue weighted by atomic mass is 32.2. The molecule has 0 spiro atoms. The van der Waals surface area contributed by atoms with Gasteiger partial charge in [-0.1, -0.05) is 5.16 Å². The quantitative estimate of drug-likeness (QED) is 0.846. The predicted octanol–water partition coefficient (Wildman–Crippen LogP) is 0.775. The monoisotopic (exact) mass is 344 g/mol. The topological polar surface area (TPSA) is 105 Å². The van der Waals surface area contributed by atoms with Crippen LogP contribution in [0.4, 0.5) is 4.79 Å². The van der Waals surface area contributed by atoms with E-state index < -0.39 is 15.9 Å². The molecule has 1 N–H and O–H groups in total. The zero-order chi connectivity index (χ0) is 17.0. The van der Waals surface area contributed by atoms with Gasteiger partial charge in [-0.05, 0) is 25.7 Å². The molecule has 1 aliphatic rings. The van der Waals surface area contributed by atoms with E-state index in [1.807, 2.05) is 0 Å². The van der Waals surface area contributed by atoms with Crippen LogP contribution in [0.5, 0.6) is 0 Å². The van der Waals surface area contributed by atoms with E-state index in [4.69, 9.17) is 4.52 Å². The molecule has 0 radical (unpaired) electrons. The summed E-state index contributed by atoms with van der Waals surface area (Å²) >= 11 is 0. The van der Waals surface area contributed by atoms with Gasteiger partial charge in [0.1, 0.15) is 9.84 Å². The highest BCUT2D eigenvalue weighted by Crippen LogP contribution is 2.20. The molecule has 2 amide bonds. The van der Waals surface area contributed by atoms with E-state index in [9.17, 15) is 13.2 Å². The van der Waals surface area contributed by atoms with E-state index >= 15 is 0 Å². The largest absolute Gasteiger partial charge is 0.340 e. The third-order valence-electron chi connectivity index (χ3n) is 3.77. The first-order valence-electron chi connectivity index (χ1n) is 7.75. The molecule has 130 valence electrons. The zero-order valence-corrected chi connectivity index (χ0v) is 14.6. The number of hydrogen-bond acceptors (Lipinski definition) is 6. The molecule has 2 heterocycles. The summed E-state index contributed by atoms with van der Waals surface area (Å²) in [5, 5.41) is 6.65. The molecule has 1 fully saturated rings. The minimum atomic E-state index is -3.11. The second-order valence-electron chi connectivity index (χ2n) is 6.33. The Morgan fingerprint density at radius 1 is 1.52 bits per heavy atom. The van der Waals surface area contributed by atoms with E-state index in [0.717, 1.165) is 12.8 Å².